The molecule has 0 radical (unpaired) electrons. The molecule has 1 amide bonds. The van der Waals surface area contributed by atoms with Crippen LogP contribution in [0.25, 0.3) is 0 Å². The van der Waals surface area contributed by atoms with Crippen molar-refractivity contribution in [1.82, 2.24) is 10.5 Å². The van der Waals surface area contributed by atoms with E-state index in [-0.39, 0.29) is 23.9 Å². The van der Waals surface area contributed by atoms with Gasteiger partial charge in [0.2, 0.25) is 11.8 Å². The van der Waals surface area contributed by atoms with Crippen LogP contribution in [0.2, 0.25) is 5.02 Å². The summed E-state index contributed by atoms with van der Waals surface area (Å²) in [6.07, 6.45) is 0. The summed E-state index contributed by atoms with van der Waals surface area (Å²) in [5.41, 5.74) is 1.63. The van der Waals surface area contributed by atoms with Gasteiger partial charge >= 0.3 is 0 Å². The minimum absolute atomic E-state index is 0.0330. The van der Waals surface area contributed by atoms with Gasteiger partial charge in [0.15, 0.2) is 0 Å². The van der Waals surface area contributed by atoms with E-state index in [1.165, 1.54) is 0 Å². The van der Waals surface area contributed by atoms with Crippen LogP contribution >= 0.6 is 11.6 Å². The van der Waals surface area contributed by atoms with Crippen molar-refractivity contribution in [2.75, 3.05) is 11.9 Å². The van der Waals surface area contributed by atoms with Crippen LogP contribution in [0.15, 0.2) is 34.9 Å². The fraction of sp³-hybridized carbons (Fsp3) is 0.412. The van der Waals surface area contributed by atoms with E-state index in [1.54, 1.807) is 6.07 Å². The van der Waals surface area contributed by atoms with Crippen molar-refractivity contribution in [3.63, 3.8) is 0 Å². The lowest BCUT2D eigenvalue weighted by Gasteiger charge is -2.15. The van der Waals surface area contributed by atoms with Crippen LogP contribution in [0.5, 0.6) is 0 Å². The van der Waals surface area contributed by atoms with E-state index in [4.69, 9.17) is 16.1 Å². The Bertz CT molecular complexity index is 676. The average Bonchev–Trinajstić information content (AvgIpc) is 2.94. The fourth-order valence-corrected chi connectivity index (χ4v) is 2.35. The Balaban J connectivity index is 1.88. The van der Waals surface area contributed by atoms with Gasteiger partial charge in [0.1, 0.15) is 0 Å². The van der Waals surface area contributed by atoms with Crippen molar-refractivity contribution in [2.24, 2.45) is 0 Å². The number of carbonyl (C=O) groups excluding carboxylic acids is 1. The summed E-state index contributed by atoms with van der Waals surface area (Å²) in [5.74, 6) is 0.160. The minimum Gasteiger partial charge on any atom is -0.338 e. The molecule has 0 aliphatic rings. The van der Waals surface area contributed by atoms with Gasteiger partial charge in [-0.15, -0.1) is 0 Å². The highest BCUT2D eigenvalue weighted by Crippen LogP contribution is 2.24. The van der Waals surface area contributed by atoms with Crippen LogP contribution in [0, 0.1) is 0 Å². The average molecular weight is 336 g/mol. The minimum atomic E-state index is -0.194. The summed E-state index contributed by atoms with van der Waals surface area (Å²) in [7, 11) is 0. The largest absolute Gasteiger partial charge is 0.338 e. The Kier molecular flexibility index (Phi) is 5.44. The highest BCUT2D eigenvalue weighted by atomic mass is 35.5. The molecular weight excluding hydrogens is 314 g/mol. The summed E-state index contributed by atoms with van der Waals surface area (Å²) in [6.45, 7) is 8.20. The van der Waals surface area contributed by atoms with Gasteiger partial charge < -0.3 is 9.84 Å². The van der Waals surface area contributed by atoms with E-state index >= 15 is 0 Å². The van der Waals surface area contributed by atoms with E-state index in [2.05, 4.69) is 15.8 Å². The Morgan fingerprint density at radius 1 is 1.35 bits per heavy atom. The number of rotatable bonds is 5. The second kappa shape index (κ2) is 7.15. The van der Waals surface area contributed by atoms with Crippen molar-refractivity contribution >= 4 is 23.4 Å². The van der Waals surface area contributed by atoms with Crippen molar-refractivity contribution in [3.05, 3.63) is 46.6 Å². The number of nitrogens with zero attached hydrogens (tertiary/aromatic N) is 1. The predicted octanol–water partition coefficient (Wildman–Crippen LogP) is 3.91. The molecule has 6 heteroatoms. The fourth-order valence-electron chi connectivity index (χ4n) is 2.05. The highest BCUT2D eigenvalue weighted by molar-refractivity contribution is 6.31. The number of anilines is 1. The molecule has 1 aromatic carbocycles. The van der Waals surface area contributed by atoms with Gasteiger partial charge in [-0.1, -0.05) is 55.7 Å². The highest BCUT2D eigenvalue weighted by Gasteiger charge is 2.19. The van der Waals surface area contributed by atoms with E-state index in [1.807, 2.05) is 52.0 Å². The number of amides is 1. The van der Waals surface area contributed by atoms with Gasteiger partial charge in [-0.05, 0) is 18.6 Å². The topological polar surface area (TPSA) is 67.2 Å². The third-order valence-electron chi connectivity index (χ3n) is 3.48. The quantitative estimate of drug-likeness (QED) is 0.869. The van der Waals surface area contributed by atoms with E-state index < -0.39 is 0 Å². The van der Waals surface area contributed by atoms with Crippen molar-refractivity contribution in [2.45, 2.75) is 39.2 Å². The molecule has 0 fully saturated rings. The zero-order chi connectivity index (χ0) is 17.0. The first kappa shape index (κ1) is 17.5. The number of carbonyl (C=O) groups is 1. The number of benzene rings is 1. The molecule has 2 aromatic rings. The van der Waals surface area contributed by atoms with Crippen molar-refractivity contribution in [1.29, 1.82) is 0 Å². The van der Waals surface area contributed by atoms with Crippen LogP contribution in [0.4, 0.5) is 5.88 Å². The summed E-state index contributed by atoms with van der Waals surface area (Å²) in [5, 5.41) is 10.5. The van der Waals surface area contributed by atoms with Gasteiger partial charge in [-0.25, -0.2) is 0 Å². The van der Waals surface area contributed by atoms with Gasteiger partial charge in [0.25, 0.3) is 0 Å². The van der Waals surface area contributed by atoms with Crippen LogP contribution < -0.4 is 10.6 Å². The monoisotopic (exact) mass is 335 g/mol. The molecule has 1 atom stereocenters. The number of nitrogens with one attached hydrogen (secondary N) is 2. The van der Waals surface area contributed by atoms with Crippen LogP contribution in [-0.2, 0) is 10.2 Å². The second-order valence-corrected chi connectivity index (χ2v) is 6.91. The Morgan fingerprint density at radius 3 is 2.65 bits per heavy atom. The second-order valence-electron chi connectivity index (χ2n) is 6.50. The third kappa shape index (κ3) is 4.81. The summed E-state index contributed by atoms with van der Waals surface area (Å²) in [6, 6.07) is 9.27. The Hall–Kier alpha value is -1.85. The Labute approximate surface area is 141 Å². The first-order valence-electron chi connectivity index (χ1n) is 7.52. The van der Waals surface area contributed by atoms with Crippen molar-refractivity contribution < 1.29 is 9.32 Å². The molecule has 23 heavy (non-hydrogen) atoms. The lowest BCUT2D eigenvalue weighted by Crippen LogP contribution is -2.30. The Morgan fingerprint density at radius 2 is 2.04 bits per heavy atom. The molecule has 0 spiro atoms. The first-order chi connectivity index (χ1) is 10.8. The third-order valence-corrected chi connectivity index (χ3v) is 3.83. The molecule has 124 valence electrons. The molecule has 0 saturated carbocycles. The molecule has 0 aliphatic carbocycles. The van der Waals surface area contributed by atoms with Crippen LogP contribution in [0.3, 0.4) is 0 Å². The number of hydrogen-bond acceptors (Lipinski definition) is 4. The molecule has 0 unspecified atom stereocenters. The normalized spacial score (nSPS) is 12.9. The maximum absolute atomic E-state index is 12.0. The lowest BCUT2D eigenvalue weighted by molar-refractivity contribution is -0.115. The number of hydrogen-bond donors (Lipinski definition) is 2. The van der Waals surface area contributed by atoms with E-state index in [9.17, 15) is 4.79 Å². The van der Waals surface area contributed by atoms with Gasteiger partial charge in [0, 0.05) is 22.5 Å². The summed E-state index contributed by atoms with van der Waals surface area (Å²) in [4.78, 5) is 12.0. The summed E-state index contributed by atoms with van der Waals surface area (Å²) >= 11 is 6.15. The lowest BCUT2D eigenvalue weighted by atomic mass is 9.92. The molecule has 0 aliphatic heterocycles. The zero-order valence-corrected chi connectivity index (χ0v) is 14.6. The smallest absolute Gasteiger partial charge is 0.240 e. The molecule has 0 saturated heterocycles. The van der Waals surface area contributed by atoms with Crippen LogP contribution in [0.1, 0.15) is 45.0 Å². The standard InChI is InChI=1S/C17H22ClN3O2/c1-11(12-7-5-6-8-13(12)18)19-10-15(22)20-16-9-14(21-23-16)17(2,3)4/h5-9,11,19H,10H2,1-4H3,(H,20,22)/t11-/m1/s1. The molecule has 1 aromatic heterocycles. The zero-order valence-electron chi connectivity index (χ0n) is 13.8. The predicted molar refractivity (Wildman–Crippen MR) is 91.7 cm³/mol. The maximum atomic E-state index is 12.0. The van der Waals surface area contributed by atoms with Crippen LogP contribution in [-0.4, -0.2) is 17.6 Å². The molecule has 0 bridgehead atoms. The molecule has 5 nitrogen and oxygen atoms in total. The molecule has 2 N–H and O–H groups in total. The molecular formula is C17H22ClN3O2. The number of halogens is 1. The van der Waals surface area contributed by atoms with E-state index in [0.29, 0.717) is 10.9 Å². The summed E-state index contributed by atoms with van der Waals surface area (Å²) < 4.78 is 5.14. The van der Waals surface area contributed by atoms with Gasteiger partial charge in [-0.2, -0.15) is 0 Å². The molecule has 2 rings (SSSR count). The SMILES string of the molecule is C[C@@H](NCC(=O)Nc1cc(C(C)(C)C)no1)c1ccccc1Cl. The number of aromatic nitrogens is 1. The van der Waals surface area contributed by atoms with Gasteiger partial charge in [0.05, 0.1) is 12.2 Å². The van der Waals surface area contributed by atoms with Gasteiger partial charge in [-0.3, -0.25) is 10.1 Å². The maximum Gasteiger partial charge on any atom is 0.240 e. The van der Waals surface area contributed by atoms with E-state index in [0.717, 1.165) is 11.3 Å². The molecule has 1 heterocycles. The van der Waals surface area contributed by atoms with Crippen molar-refractivity contribution in [3.8, 4) is 0 Å². The first-order valence-corrected chi connectivity index (χ1v) is 7.90.